The lowest BCUT2D eigenvalue weighted by atomic mass is 9.94. The number of alkyl halides is 3. The second kappa shape index (κ2) is 10.2. The van der Waals surface area contributed by atoms with E-state index in [4.69, 9.17) is 9.90 Å². The Morgan fingerprint density at radius 3 is 2.28 bits per heavy atom. The summed E-state index contributed by atoms with van der Waals surface area (Å²) < 4.78 is 31.7. The highest BCUT2D eigenvalue weighted by Crippen LogP contribution is 2.19. The monoisotopic (exact) mass is 415 g/mol. The largest absolute Gasteiger partial charge is 0.490 e. The smallest absolute Gasteiger partial charge is 0.475 e. The number of nitrogens with one attached hydrogen (secondary N) is 2. The lowest BCUT2D eigenvalue weighted by molar-refractivity contribution is -0.192. The molecule has 2 aliphatic heterocycles. The highest BCUT2D eigenvalue weighted by molar-refractivity contribution is 6.04. The van der Waals surface area contributed by atoms with Gasteiger partial charge in [-0.05, 0) is 43.8 Å². The van der Waals surface area contributed by atoms with E-state index in [1.807, 2.05) is 30.3 Å². The van der Waals surface area contributed by atoms with Crippen LogP contribution in [0.5, 0.6) is 0 Å². The molecule has 1 unspecified atom stereocenters. The fourth-order valence-corrected chi connectivity index (χ4v) is 3.26. The molecule has 2 fully saturated rings. The lowest BCUT2D eigenvalue weighted by Crippen LogP contribution is -2.35. The minimum Gasteiger partial charge on any atom is -0.475 e. The molecule has 3 amide bonds. The maximum Gasteiger partial charge on any atom is 0.490 e. The molecular formula is C19H24F3N3O4. The summed E-state index contributed by atoms with van der Waals surface area (Å²) in [5.74, 6) is -2.22. The number of imide groups is 1. The highest BCUT2D eigenvalue weighted by Gasteiger charge is 2.38. The molecule has 0 bridgehead atoms. The molecule has 1 aromatic rings. The van der Waals surface area contributed by atoms with Crippen LogP contribution in [-0.2, 0) is 16.0 Å². The number of benzene rings is 1. The van der Waals surface area contributed by atoms with E-state index in [9.17, 15) is 22.8 Å². The van der Waals surface area contributed by atoms with Gasteiger partial charge in [0, 0.05) is 13.0 Å². The zero-order valence-electron chi connectivity index (χ0n) is 15.7. The van der Waals surface area contributed by atoms with Crippen LogP contribution in [0.2, 0.25) is 0 Å². The molecule has 10 heteroatoms. The molecule has 0 saturated carbocycles. The van der Waals surface area contributed by atoms with E-state index in [1.54, 1.807) is 0 Å². The first-order valence-corrected chi connectivity index (χ1v) is 9.35. The number of nitrogens with zero attached hydrogens (tertiary/aromatic N) is 1. The molecule has 2 aliphatic rings. The van der Waals surface area contributed by atoms with E-state index < -0.39 is 18.2 Å². The van der Waals surface area contributed by atoms with Gasteiger partial charge in [-0.2, -0.15) is 13.2 Å². The van der Waals surface area contributed by atoms with Gasteiger partial charge >= 0.3 is 18.2 Å². The molecule has 0 aliphatic carbocycles. The Balaban J connectivity index is 0.000000370. The Bertz CT molecular complexity index is 706. The molecule has 0 radical (unpaired) electrons. The van der Waals surface area contributed by atoms with Crippen LogP contribution in [0.3, 0.4) is 0 Å². The summed E-state index contributed by atoms with van der Waals surface area (Å²) in [5, 5.41) is 13.3. The minimum atomic E-state index is -5.08. The van der Waals surface area contributed by atoms with Gasteiger partial charge in [0.15, 0.2) is 0 Å². The standard InChI is InChI=1S/C17H23N3O2.C2HF3O2/c21-16-15(12-14-4-2-1-3-5-14)19-17(22)20(16)11-8-13-6-9-18-10-7-13;3-2(4,5)1(6)7/h1-5,13,15,18H,6-12H2,(H,19,22);(H,6,7). The molecule has 1 aromatic carbocycles. The zero-order valence-corrected chi connectivity index (χ0v) is 15.7. The summed E-state index contributed by atoms with van der Waals surface area (Å²) >= 11 is 0. The van der Waals surface area contributed by atoms with Crippen LogP contribution in [-0.4, -0.2) is 59.8 Å². The van der Waals surface area contributed by atoms with Crippen molar-refractivity contribution in [3.05, 3.63) is 35.9 Å². The van der Waals surface area contributed by atoms with E-state index in [0.29, 0.717) is 18.9 Å². The van der Waals surface area contributed by atoms with Gasteiger partial charge in [-0.1, -0.05) is 30.3 Å². The number of carbonyl (C=O) groups excluding carboxylic acids is 2. The summed E-state index contributed by atoms with van der Waals surface area (Å²) in [7, 11) is 0. The maximum atomic E-state index is 12.4. The predicted octanol–water partition coefficient (Wildman–Crippen LogP) is 2.17. The second-order valence-corrected chi connectivity index (χ2v) is 6.97. The quantitative estimate of drug-likeness (QED) is 0.641. The third-order valence-electron chi connectivity index (χ3n) is 4.85. The van der Waals surface area contributed by atoms with Gasteiger partial charge in [0.2, 0.25) is 0 Å². The predicted molar refractivity (Wildman–Crippen MR) is 98.1 cm³/mol. The fourth-order valence-electron chi connectivity index (χ4n) is 3.26. The number of aliphatic carboxylic acids is 1. The van der Waals surface area contributed by atoms with Crippen LogP contribution in [0.4, 0.5) is 18.0 Å². The second-order valence-electron chi connectivity index (χ2n) is 6.97. The van der Waals surface area contributed by atoms with Gasteiger partial charge < -0.3 is 15.7 Å². The Hall–Kier alpha value is -2.62. The third kappa shape index (κ3) is 7.04. The Labute approximate surface area is 166 Å². The normalized spacial score (nSPS) is 20.1. The van der Waals surface area contributed by atoms with Crippen molar-refractivity contribution in [3.8, 4) is 0 Å². The molecule has 160 valence electrons. The Morgan fingerprint density at radius 1 is 1.14 bits per heavy atom. The van der Waals surface area contributed by atoms with E-state index in [2.05, 4.69) is 10.6 Å². The average Bonchev–Trinajstić information content (AvgIpc) is 2.94. The molecule has 7 nitrogen and oxygen atoms in total. The number of hydrogen-bond donors (Lipinski definition) is 3. The third-order valence-corrected chi connectivity index (χ3v) is 4.85. The minimum absolute atomic E-state index is 0.0808. The first kappa shape index (κ1) is 22.7. The van der Waals surface area contributed by atoms with Gasteiger partial charge in [-0.3, -0.25) is 9.69 Å². The van der Waals surface area contributed by atoms with E-state index in [1.165, 1.54) is 4.90 Å². The Morgan fingerprint density at radius 2 is 1.72 bits per heavy atom. The molecule has 3 rings (SSSR count). The van der Waals surface area contributed by atoms with Crippen molar-refractivity contribution in [1.82, 2.24) is 15.5 Å². The topological polar surface area (TPSA) is 98.7 Å². The lowest BCUT2D eigenvalue weighted by Gasteiger charge is -2.24. The number of carboxylic acid groups (broad SMARTS) is 1. The highest BCUT2D eigenvalue weighted by atomic mass is 19.4. The number of piperidine rings is 1. The summed E-state index contributed by atoms with van der Waals surface area (Å²) in [6.45, 7) is 2.63. The van der Waals surface area contributed by atoms with Crippen LogP contribution >= 0.6 is 0 Å². The number of halogens is 3. The number of carboxylic acids is 1. The van der Waals surface area contributed by atoms with Crippen molar-refractivity contribution in [2.45, 2.75) is 37.9 Å². The number of hydrogen-bond acceptors (Lipinski definition) is 4. The molecule has 0 aromatic heterocycles. The fraction of sp³-hybridized carbons (Fsp3) is 0.526. The number of amides is 3. The SMILES string of the molecule is O=C(O)C(F)(F)F.O=C1NC(Cc2ccccc2)C(=O)N1CCC1CCNCC1. The van der Waals surface area contributed by atoms with E-state index in [0.717, 1.165) is 37.9 Å². The van der Waals surface area contributed by atoms with Crippen molar-refractivity contribution in [2.24, 2.45) is 5.92 Å². The van der Waals surface area contributed by atoms with Crippen LogP contribution in [0.25, 0.3) is 0 Å². The molecule has 0 spiro atoms. The summed E-state index contributed by atoms with van der Waals surface area (Å²) in [5.41, 5.74) is 1.07. The summed E-state index contributed by atoms with van der Waals surface area (Å²) in [4.78, 5) is 34.8. The maximum absolute atomic E-state index is 12.4. The Kier molecular flexibility index (Phi) is 8.00. The van der Waals surface area contributed by atoms with E-state index >= 15 is 0 Å². The van der Waals surface area contributed by atoms with Gasteiger partial charge in [0.05, 0.1) is 0 Å². The number of rotatable bonds is 5. The van der Waals surface area contributed by atoms with Gasteiger partial charge in [-0.25, -0.2) is 9.59 Å². The molecular weight excluding hydrogens is 391 g/mol. The first-order valence-electron chi connectivity index (χ1n) is 9.35. The van der Waals surface area contributed by atoms with Gasteiger partial charge in [-0.15, -0.1) is 0 Å². The molecule has 2 saturated heterocycles. The van der Waals surface area contributed by atoms with Gasteiger partial charge in [0.25, 0.3) is 5.91 Å². The van der Waals surface area contributed by atoms with Crippen LogP contribution < -0.4 is 10.6 Å². The molecule has 2 heterocycles. The van der Waals surface area contributed by atoms with Crippen molar-refractivity contribution < 1.29 is 32.7 Å². The summed E-state index contributed by atoms with van der Waals surface area (Å²) in [6, 6.07) is 9.16. The molecule has 3 N–H and O–H groups in total. The van der Waals surface area contributed by atoms with Crippen LogP contribution in [0, 0.1) is 5.92 Å². The summed E-state index contributed by atoms with van der Waals surface area (Å²) in [6.07, 6.45) is -1.33. The molecule has 29 heavy (non-hydrogen) atoms. The van der Waals surface area contributed by atoms with Crippen molar-refractivity contribution in [3.63, 3.8) is 0 Å². The van der Waals surface area contributed by atoms with Crippen LogP contribution in [0.15, 0.2) is 30.3 Å². The number of carbonyl (C=O) groups is 3. The molecule has 1 atom stereocenters. The van der Waals surface area contributed by atoms with Crippen molar-refractivity contribution in [1.29, 1.82) is 0 Å². The van der Waals surface area contributed by atoms with Crippen molar-refractivity contribution >= 4 is 17.9 Å². The zero-order chi connectivity index (χ0) is 21.4. The van der Waals surface area contributed by atoms with Crippen LogP contribution in [0.1, 0.15) is 24.8 Å². The average molecular weight is 415 g/mol. The van der Waals surface area contributed by atoms with E-state index in [-0.39, 0.29) is 11.9 Å². The number of urea groups is 1. The first-order chi connectivity index (χ1) is 13.7. The van der Waals surface area contributed by atoms with Crippen molar-refractivity contribution in [2.75, 3.05) is 19.6 Å². The van der Waals surface area contributed by atoms with Gasteiger partial charge in [0.1, 0.15) is 6.04 Å².